The molecular weight excluding hydrogens is 336 g/mol. The van der Waals surface area contributed by atoms with E-state index in [1.807, 2.05) is 6.07 Å². The van der Waals surface area contributed by atoms with E-state index in [4.69, 9.17) is 8.94 Å². The summed E-state index contributed by atoms with van der Waals surface area (Å²) >= 11 is 0. The lowest BCUT2D eigenvalue weighted by Gasteiger charge is -2.33. The second-order valence-electron chi connectivity index (χ2n) is 5.88. The number of furan rings is 1. The Morgan fingerprint density at radius 2 is 1.77 bits per heavy atom. The summed E-state index contributed by atoms with van der Waals surface area (Å²) in [4.78, 5) is 32.2. The molecule has 1 saturated heterocycles. The van der Waals surface area contributed by atoms with Crippen LogP contribution in [0.1, 0.15) is 21.0 Å². The van der Waals surface area contributed by atoms with E-state index in [0.29, 0.717) is 37.7 Å². The SMILES string of the molecule is O=C(c1cc(-c2cccnc2)on1)N1CCN(C(=O)c2ccco2)CC1. The van der Waals surface area contributed by atoms with Crippen LogP contribution in [0.2, 0.25) is 0 Å². The zero-order valence-corrected chi connectivity index (χ0v) is 13.9. The van der Waals surface area contributed by atoms with Crippen molar-refractivity contribution in [2.75, 3.05) is 26.2 Å². The van der Waals surface area contributed by atoms with Crippen molar-refractivity contribution in [3.63, 3.8) is 0 Å². The number of piperazine rings is 1. The summed E-state index contributed by atoms with van der Waals surface area (Å²) in [5.74, 6) is 0.423. The molecule has 4 rings (SSSR count). The third-order valence-electron chi connectivity index (χ3n) is 4.26. The first-order valence-electron chi connectivity index (χ1n) is 8.21. The first-order valence-corrected chi connectivity index (χ1v) is 8.21. The van der Waals surface area contributed by atoms with Crippen LogP contribution in [0.25, 0.3) is 11.3 Å². The first-order chi connectivity index (χ1) is 12.7. The lowest BCUT2D eigenvalue weighted by Crippen LogP contribution is -2.50. The largest absolute Gasteiger partial charge is 0.459 e. The highest BCUT2D eigenvalue weighted by molar-refractivity contribution is 5.94. The van der Waals surface area contributed by atoms with Crippen LogP contribution in [0.4, 0.5) is 0 Å². The van der Waals surface area contributed by atoms with Gasteiger partial charge in [-0.15, -0.1) is 0 Å². The van der Waals surface area contributed by atoms with Crippen LogP contribution in [-0.2, 0) is 0 Å². The Balaban J connectivity index is 1.40. The summed E-state index contributed by atoms with van der Waals surface area (Å²) in [6, 6.07) is 8.54. The fourth-order valence-corrected chi connectivity index (χ4v) is 2.85. The van der Waals surface area contributed by atoms with Crippen molar-refractivity contribution in [3.8, 4) is 11.3 Å². The molecule has 3 aromatic heterocycles. The van der Waals surface area contributed by atoms with E-state index in [9.17, 15) is 9.59 Å². The van der Waals surface area contributed by atoms with E-state index in [1.54, 1.807) is 46.5 Å². The smallest absolute Gasteiger partial charge is 0.289 e. The highest BCUT2D eigenvalue weighted by Crippen LogP contribution is 2.20. The number of carbonyl (C=O) groups is 2. The molecule has 3 aromatic rings. The van der Waals surface area contributed by atoms with Crippen LogP contribution in [0, 0.1) is 0 Å². The second kappa shape index (κ2) is 6.83. The Hall–Kier alpha value is -3.42. The predicted octanol–water partition coefficient (Wildman–Crippen LogP) is 1.93. The Morgan fingerprint density at radius 3 is 2.42 bits per heavy atom. The Kier molecular flexibility index (Phi) is 4.22. The Labute approximate surface area is 149 Å². The second-order valence-corrected chi connectivity index (χ2v) is 5.88. The van der Waals surface area contributed by atoms with Gasteiger partial charge in [0.1, 0.15) is 0 Å². The van der Waals surface area contributed by atoms with Gasteiger partial charge in [0.05, 0.1) is 6.26 Å². The van der Waals surface area contributed by atoms with E-state index in [2.05, 4.69) is 10.1 Å². The van der Waals surface area contributed by atoms with Crippen LogP contribution in [0.3, 0.4) is 0 Å². The molecule has 0 N–H and O–H groups in total. The van der Waals surface area contributed by atoms with Gasteiger partial charge in [-0.1, -0.05) is 5.16 Å². The molecule has 1 aliphatic rings. The minimum Gasteiger partial charge on any atom is -0.459 e. The van der Waals surface area contributed by atoms with Gasteiger partial charge >= 0.3 is 0 Å². The Bertz CT molecular complexity index is 896. The lowest BCUT2D eigenvalue weighted by atomic mass is 10.2. The van der Waals surface area contributed by atoms with Crippen molar-refractivity contribution in [2.45, 2.75) is 0 Å². The predicted molar refractivity (Wildman–Crippen MR) is 90.2 cm³/mol. The van der Waals surface area contributed by atoms with E-state index >= 15 is 0 Å². The van der Waals surface area contributed by atoms with Crippen molar-refractivity contribution < 1.29 is 18.5 Å². The van der Waals surface area contributed by atoms with E-state index in [1.165, 1.54) is 6.26 Å². The Morgan fingerprint density at radius 1 is 1.00 bits per heavy atom. The number of carbonyl (C=O) groups excluding carboxylic acids is 2. The molecule has 0 aromatic carbocycles. The van der Waals surface area contributed by atoms with Crippen LogP contribution in [0.15, 0.2) is 57.9 Å². The van der Waals surface area contributed by atoms with Crippen molar-refractivity contribution in [1.29, 1.82) is 0 Å². The molecular formula is C18H16N4O4. The first kappa shape index (κ1) is 16.1. The van der Waals surface area contributed by atoms with Gasteiger partial charge in [0.15, 0.2) is 17.2 Å². The topological polar surface area (TPSA) is 92.7 Å². The zero-order chi connectivity index (χ0) is 17.9. The number of rotatable bonds is 3. The van der Waals surface area contributed by atoms with E-state index in [-0.39, 0.29) is 17.5 Å². The van der Waals surface area contributed by atoms with Gasteiger partial charge in [-0.3, -0.25) is 14.6 Å². The number of aromatic nitrogens is 2. The van der Waals surface area contributed by atoms with Crippen molar-refractivity contribution in [1.82, 2.24) is 19.9 Å². The van der Waals surface area contributed by atoms with Gasteiger partial charge in [-0.25, -0.2) is 0 Å². The molecule has 0 unspecified atom stereocenters. The summed E-state index contributed by atoms with van der Waals surface area (Å²) in [6.45, 7) is 1.75. The molecule has 1 aliphatic heterocycles. The molecule has 0 aliphatic carbocycles. The molecule has 4 heterocycles. The normalized spacial score (nSPS) is 14.5. The monoisotopic (exact) mass is 352 g/mol. The summed E-state index contributed by atoms with van der Waals surface area (Å²) in [5, 5.41) is 3.87. The van der Waals surface area contributed by atoms with Crippen LogP contribution < -0.4 is 0 Å². The maximum Gasteiger partial charge on any atom is 0.289 e. The molecule has 132 valence electrons. The lowest BCUT2D eigenvalue weighted by molar-refractivity contribution is 0.0513. The number of nitrogens with zero attached hydrogens (tertiary/aromatic N) is 4. The van der Waals surface area contributed by atoms with Gasteiger partial charge < -0.3 is 18.7 Å². The third kappa shape index (κ3) is 3.08. The average Bonchev–Trinajstić information content (AvgIpc) is 3.40. The summed E-state index contributed by atoms with van der Waals surface area (Å²) in [7, 11) is 0. The quantitative estimate of drug-likeness (QED) is 0.715. The fraction of sp³-hybridized carbons (Fsp3) is 0.222. The molecule has 0 spiro atoms. The molecule has 8 heteroatoms. The summed E-state index contributed by atoms with van der Waals surface area (Å²) in [5.41, 5.74) is 1.00. The van der Waals surface area contributed by atoms with Crippen LogP contribution >= 0.6 is 0 Å². The number of amides is 2. The van der Waals surface area contributed by atoms with Gasteiger partial charge in [0.2, 0.25) is 0 Å². The standard InChI is InChI=1S/C18H16N4O4/c23-17(14-11-16(26-20-14)13-3-1-5-19-12-13)21-6-8-22(9-7-21)18(24)15-4-2-10-25-15/h1-5,10-12H,6-9H2. The average molecular weight is 352 g/mol. The third-order valence-corrected chi connectivity index (χ3v) is 4.26. The van der Waals surface area contributed by atoms with Crippen LogP contribution in [0.5, 0.6) is 0 Å². The minimum atomic E-state index is -0.214. The van der Waals surface area contributed by atoms with Gasteiger partial charge in [-0.05, 0) is 24.3 Å². The number of hydrogen-bond acceptors (Lipinski definition) is 6. The molecule has 1 fully saturated rings. The zero-order valence-electron chi connectivity index (χ0n) is 13.9. The van der Waals surface area contributed by atoms with Crippen molar-refractivity contribution >= 4 is 11.8 Å². The number of hydrogen-bond donors (Lipinski definition) is 0. The van der Waals surface area contributed by atoms with Gasteiger partial charge in [0.25, 0.3) is 11.8 Å². The molecule has 0 bridgehead atoms. The maximum atomic E-state index is 12.6. The molecule has 8 nitrogen and oxygen atoms in total. The molecule has 26 heavy (non-hydrogen) atoms. The van der Waals surface area contributed by atoms with E-state index in [0.717, 1.165) is 5.56 Å². The highest BCUT2D eigenvalue weighted by atomic mass is 16.5. The highest BCUT2D eigenvalue weighted by Gasteiger charge is 2.28. The van der Waals surface area contributed by atoms with Crippen LogP contribution in [-0.4, -0.2) is 57.9 Å². The fourth-order valence-electron chi connectivity index (χ4n) is 2.85. The van der Waals surface area contributed by atoms with E-state index < -0.39 is 0 Å². The van der Waals surface area contributed by atoms with Gasteiger partial charge in [0, 0.05) is 50.2 Å². The number of pyridine rings is 1. The minimum absolute atomic E-state index is 0.164. The molecule has 0 saturated carbocycles. The molecule has 0 atom stereocenters. The molecule has 0 radical (unpaired) electrons. The molecule has 2 amide bonds. The van der Waals surface area contributed by atoms with Crippen molar-refractivity contribution in [2.24, 2.45) is 0 Å². The maximum absolute atomic E-state index is 12.6. The summed E-state index contributed by atoms with van der Waals surface area (Å²) in [6.07, 6.45) is 4.78. The van der Waals surface area contributed by atoms with Crippen molar-refractivity contribution in [3.05, 3.63) is 60.4 Å². The summed E-state index contributed by atoms with van der Waals surface area (Å²) < 4.78 is 10.4. The van der Waals surface area contributed by atoms with Gasteiger partial charge in [-0.2, -0.15) is 0 Å².